The van der Waals surface area contributed by atoms with Gasteiger partial charge in [0, 0.05) is 11.6 Å². The zero-order valence-corrected chi connectivity index (χ0v) is 18.0. The van der Waals surface area contributed by atoms with Crippen LogP contribution >= 0.6 is 0 Å². The monoisotopic (exact) mass is 485 g/mol. The first kappa shape index (κ1) is 26.6. The first-order chi connectivity index (χ1) is 15.5. The van der Waals surface area contributed by atoms with E-state index in [0.717, 1.165) is 12.1 Å². The summed E-state index contributed by atoms with van der Waals surface area (Å²) in [6.45, 7) is 5.44. The molecule has 0 aromatic heterocycles. The lowest BCUT2D eigenvalue weighted by Gasteiger charge is -2.13. The SMILES string of the molecule is C=[N+]=C(N)NNCCOc1cccc(OS(=O)(=O)c2ccccc2[N+](=O)[O-])c1C.O=[N+]([O-])O. The number of ether oxygens (including phenoxy) is 1. The fourth-order valence-electron chi connectivity index (χ4n) is 2.23. The van der Waals surface area contributed by atoms with Crippen LogP contribution in [0, 0.1) is 27.2 Å². The third-order valence-electron chi connectivity index (χ3n) is 3.64. The van der Waals surface area contributed by atoms with Crippen molar-refractivity contribution in [1.82, 2.24) is 15.5 Å². The van der Waals surface area contributed by atoms with Crippen LogP contribution in [0.15, 0.2) is 47.4 Å². The summed E-state index contributed by atoms with van der Waals surface area (Å²) < 4.78 is 39.3. The first-order valence-corrected chi connectivity index (χ1v) is 10.2. The Labute approximate surface area is 187 Å². The van der Waals surface area contributed by atoms with Crippen molar-refractivity contribution in [2.45, 2.75) is 11.8 Å². The first-order valence-electron chi connectivity index (χ1n) is 8.81. The van der Waals surface area contributed by atoms with E-state index in [4.69, 9.17) is 30.0 Å². The fraction of sp³-hybridized carbons (Fsp3) is 0.176. The minimum Gasteiger partial charge on any atom is -0.492 e. The molecule has 0 radical (unpaired) electrons. The Balaban J connectivity index is 0.00000125. The number of benzene rings is 2. The van der Waals surface area contributed by atoms with Crippen molar-refractivity contribution in [3.05, 3.63) is 68.3 Å². The Kier molecular flexibility index (Phi) is 10.1. The summed E-state index contributed by atoms with van der Waals surface area (Å²) in [5.41, 5.74) is 10.6. The highest BCUT2D eigenvalue weighted by atomic mass is 32.2. The van der Waals surface area contributed by atoms with Crippen LogP contribution < -0.4 is 30.2 Å². The van der Waals surface area contributed by atoms with Crippen LogP contribution in [0.2, 0.25) is 0 Å². The Morgan fingerprint density at radius 3 is 2.39 bits per heavy atom. The highest BCUT2D eigenvalue weighted by Crippen LogP contribution is 2.31. The highest BCUT2D eigenvalue weighted by Gasteiger charge is 2.28. The number of rotatable bonds is 9. The number of hydrogen-bond donors (Lipinski definition) is 4. The smallest absolute Gasteiger partial charge is 0.452 e. The summed E-state index contributed by atoms with van der Waals surface area (Å²) in [5, 5.41) is 24.7. The van der Waals surface area contributed by atoms with E-state index in [2.05, 4.69) is 22.2 Å². The molecule has 0 atom stereocenters. The van der Waals surface area contributed by atoms with E-state index >= 15 is 0 Å². The molecular weight excluding hydrogens is 464 g/mol. The summed E-state index contributed by atoms with van der Waals surface area (Å²) >= 11 is 0. The molecule has 5 N–H and O–H groups in total. The molecular formula is C17H21N6O9S+. The van der Waals surface area contributed by atoms with Gasteiger partial charge in [-0.15, -0.1) is 10.1 Å². The summed E-state index contributed by atoms with van der Waals surface area (Å²) in [6, 6.07) is 9.57. The Bertz CT molecular complexity index is 1150. The largest absolute Gasteiger partial charge is 0.492 e. The van der Waals surface area contributed by atoms with Gasteiger partial charge in [0.25, 0.3) is 10.8 Å². The van der Waals surface area contributed by atoms with Crippen molar-refractivity contribution in [3.63, 3.8) is 0 Å². The van der Waals surface area contributed by atoms with Gasteiger partial charge < -0.3 is 14.1 Å². The normalized spacial score (nSPS) is 10.1. The molecule has 2 aromatic carbocycles. The van der Waals surface area contributed by atoms with Crippen molar-refractivity contribution in [2.24, 2.45) is 5.73 Å². The quantitative estimate of drug-likeness (QED) is 0.0693. The average molecular weight is 485 g/mol. The standard InChI is InChI=1S/C17H19N5O6S.HNO3/c1-12-14(27-11-10-20-21-17(18)19-2)7-5-8-15(12)28-29(25,26)16-9-4-3-6-13(16)22(23)24;2-1(3)4/h3-9,20H,2,10-11H2,1H3,(H2,18,21);(H,2,3,4)/p+1. The molecule has 0 unspecified atom stereocenters. The Hall–Kier alpha value is -4.40. The molecule has 0 saturated heterocycles. The molecule has 33 heavy (non-hydrogen) atoms. The van der Waals surface area contributed by atoms with E-state index in [9.17, 15) is 18.5 Å². The molecule has 0 amide bonds. The van der Waals surface area contributed by atoms with Crippen molar-refractivity contribution >= 4 is 28.5 Å². The van der Waals surface area contributed by atoms with Gasteiger partial charge in [-0.2, -0.15) is 19.3 Å². The van der Waals surface area contributed by atoms with E-state index in [1.54, 1.807) is 19.1 Å². The molecule has 178 valence electrons. The predicted molar refractivity (Wildman–Crippen MR) is 116 cm³/mol. The third kappa shape index (κ3) is 8.70. The van der Waals surface area contributed by atoms with Gasteiger partial charge >= 0.3 is 16.1 Å². The van der Waals surface area contributed by atoms with E-state index < -0.39 is 30.7 Å². The van der Waals surface area contributed by atoms with Crippen LogP contribution in [0.3, 0.4) is 0 Å². The van der Waals surface area contributed by atoms with Gasteiger partial charge in [0.05, 0.1) is 11.5 Å². The minimum absolute atomic E-state index is 0.000158. The molecule has 0 heterocycles. The lowest BCUT2D eigenvalue weighted by atomic mass is 10.2. The molecule has 16 heteroatoms. The lowest BCUT2D eigenvalue weighted by molar-refractivity contribution is -0.742. The summed E-state index contributed by atoms with van der Waals surface area (Å²) in [4.78, 5) is 18.2. The summed E-state index contributed by atoms with van der Waals surface area (Å²) in [5.74, 6) is 0.498. The number of nitrogens with zero attached hydrogens (tertiary/aromatic N) is 3. The predicted octanol–water partition coefficient (Wildman–Crippen LogP) is -0.121. The molecule has 0 aliphatic heterocycles. The number of nitrogens with one attached hydrogen (secondary N) is 2. The van der Waals surface area contributed by atoms with Crippen LogP contribution in [0.4, 0.5) is 5.69 Å². The van der Waals surface area contributed by atoms with Crippen molar-refractivity contribution in [1.29, 1.82) is 0 Å². The zero-order valence-electron chi connectivity index (χ0n) is 17.2. The van der Waals surface area contributed by atoms with Gasteiger partial charge in [0.15, 0.2) is 4.90 Å². The topological polar surface area (TPSA) is 223 Å². The maximum absolute atomic E-state index is 12.6. The maximum atomic E-state index is 12.6. The van der Waals surface area contributed by atoms with Crippen LogP contribution in [-0.2, 0) is 10.1 Å². The number of nitrogens with two attached hydrogens (primary N) is 1. The van der Waals surface area contributed by atoms with E-state index in [1.165, 1.54) is 18.2 Å². The fourth-order valence-corrected chi connectivity index (χ4v) is 3.38. The van der Waals surface area contributed by atoms with Crippen LogP contribution in [0.1, 0.15) is 5.56 Å². The van der Waals surface area contributed by atoms with Crippen LogP contribution in [0.25, 0.3) is 0 Å². The highest BCUT2D eigenvalue weighted by molar-refractivity contribution is 7.87. The lowest BCUT2D eigenvalue weighted by Crippen LogP contribution is -2.45. The van der Waals surface area contributed by atoms with Crippen LogP contribution in [-0.4, -0.2) is 49.5 Å². The van der Waals surface area contributed by atoms with E-state index in [-0.39, 0.29) is 18.3 Å². The molecule has 0 spiro atoms. The third-order valence-corrected chi connectivity index (χ3v) is 4.92. The Morgan fingerprint density at radius 1 is 1.18 bits per heavy atom. The minimum atomic E-state index is -4.42. The number of para-hydroxylation sites is 1. The molecule has 2 aromatic rings. The number of nitro benzene ring substituents is 1. The number of hydrazine groups is 1. The van der Waals surface area contributed by atoms with Gasteiger partial charge in [0.2, 0.25) is 0 Å². The molecule has 0 aliphatic carbocycles. The second-order valence-corrected chi connectivity index (χ2v) is 7.34. The van der Waals surface area contributed by atoms with Crippen molar-refractivity contribution in [3.8, 4) is 11.5 Å². The summed E-state index contributed by atoms with van der Waals surface area (Å²) in [6.07, 6.45) is 0. The van der Waals surface area contributed by atoms with Crippen molar-refractivity contribution < 1.29 is 32.6 Å². The molecule has 0 bridgehead atoms. The molecule has 15 nitrogen and oxygen atoms in total. The van der Waals surface area contributed by atoms with E-state index in [0.29, 0.717) is 17.9 Å². The van der Waals surface area contributed by atoms with Gasteiger partial charge in [0.1, 0.15) is 24.8 Å². The second-order valence-electron chi connectivity index (χ2n) is 5.82. The number of guanidine groups is 1. The van der Waals surface area contributed by atoms with Gasteiger partial charge in [-0.25, -0.2) is 0 Å². The average Bonchev–Trinajstić information content (AvgIpc) is 2.75. The van der Waals surface area contributed by atoms with E-state index in [1.807, 2.05) is 0 Å². The molecule has 0 fully saturated rings. The maximum Gasteiger partial charge on any atom is 0.452 e. The number of nitro groups is 1. The van der Waals surface area contributed by atoms with Gasteiger partial charge in [-0.05, 0) is 25.1 Å². The van der Waals surface area contributed by atoms with Crippen LogP contribution in [0.5, 0.6) is 11.5 Å². The molecule has 0 aliphatic rings. The second kappa shape index (κ2) is 12.5. The molecule has 2 rings (SSSR count). The molecule has 0 saturated carbocycles. The summed E-state index contributed by atoms with van der Waals surface area (Å²) in [7, 11) is -4.42. The van der Waals surface area contributed by atoms with Crippen molar-refractivity contribution in [2.75, 3.05) is 13.2 Å². The van der Waals surface area contributed by atoms with Gasteiger partial charge in [-0.3, -0.25) is 20.5 Å². The zero-order chi connectivity index (χ0) is 25.0. The number of hydrogen-bond acceptors (Lipinski definition) is 9. The Morgan fingerprint density at radius 2 is 1.79 bits per heavy atom. The van der Waals surface area contributed by atoms with Gasteiger partial charge in [-0.1, -0.05) is 18.2 Å².